The first-order chi connectivity index (χ1) is 9.02. The van der Waals surface area contributed by atoms with Gasteiger partial charge in [-0.3, -0.25) is 4.90 Å². The van der Waals surface area contributed by atoms with Crippen LogP contribution in [0.15, 0.2) is 24.5 Å². The highest BCUT2D eigenvalue weighted by Gasteiger charge is 2.25. The van der Waals surface area contributed by atoms with Gasteiger partial charge in [-0.1, -0.05) is 11.6 Å². The van der Waals surface area contributed by atoms with E-state index in [1.165, 1.54) is 0 Å². The molecule has 3 heterocycles. The Morgan fingerprint density at radius 1 is 1.37 bits per heavy atom. The summed E-state index contributed by atoms with van der Waals surface area (Å²) in [5, 5.41) is 4.26. The maximum Gasteiger partial charge on any atom is 0.137 e. The Hall–Kier alpha value is -1.10. The third-order valence-electron chi connectivity index (χ3n) is 3.50. The maximum absolute atomic E-state index is 5.99. The molecular weight excluding hydrogens is 260 g/mol. The van der Waals surface area contributed by atoms with E-state index in [1.54, 1.807) is 0 Å². The van der Waals surface area contributed by atoms with E-state index in [0.29, 0.717) is 0 Å². The van der Waals surface area contributed by atoms with Gasteiger partial charge in [-0.05, 0) is 26.0 Å². The van der Waals surface area contributed by atoms with Crippen LogP contribution in [0.3, 0.4) is 0 Å². The van der Waals surface area contributed by atoms with Crippen LogP contribution >= 0.6 is 11.6 Å². The molecule has 3 rings (SSSR count). The summed E-state index contributed by atoms with van der Waals surface area (Å²) in [6, 6.07) is 3.83. The molecule has 19 heavy (non-hydrogen) atoms. The molecule has 0 bridgehead atoms. The number of nitrogens with zero attached hydrogens (tertiary/aromatic N) is 3. The summed E-state index contributed by atoms with van der Waals surface area (Å²) in [6.07, 6.45) is 3.96. The molecule has 102 valence electrons. The number of pyridine rings is 1. The first kappa shape index (κ1) is 12.9. The van der Waals surface area contributed by atoms with E-state index in [2.05, 4.69) is 35.2 Å². The minimum absolute atomic E-state index is 0.181. The van der Waals surface area contributed by atoms with Crippen molar-refractivity contribution in [3.8, 4) is 0 Å². The van der Waals surface area contributed by atoms with Crippen LogP contribution in [0, 0.1) is 0 Å². The third kappa shape index (κ3) is 2.91. The van der Waals surface area contributed by atoms with Crippen LogP contribution in [0.1, 0.15) is 19.5 Å². The molecule has 1 saturated heterocycles. The molecule has 4 nitrogen and oxygen atoms in total. The second-order valence-electron chi connectivity index (χ2n) is 5.87. The average molecular weight is 279 g/mol. The molecule has 0 aromatic carbocycles. The Morgan fingerprint density at radius 3 is 3.00 bits per heavy atom. The normalized spacial score (nSPS) is 19.9. The molecule has 0 unspecified atom stereocenters. The fourth-order valence-corrected chi connectivity index (χ4v) is 2.87. The van der Waals surface area contributed by atoms with Gasteiger partial charge in [0.25, 0.3) is 0 Å². The van der Waals surface area contributed by atoms with Gasteiger partial charge in [0.05, 0.1) is 10.7 Å². The van der Waals surface area contributed by atoms with Crippen LogP contribution in [0.25, 0.3) is 5.65 Å². The zero-order valence-electron chi connectivity index (χ0n) is 11.4. The minimum atomic E-state index is 0.181. The molecule has 1 fully saturated rings. The predicted octanol–water partition coefficient (Wildman–Crippen LogP) is 2.17. The molecule has 2 aromatic heterocycles. The first-order valence-corrected chi connectivity index (χ1v) is 7.00. The molecule has 0 spiro atoms. The van der Waals surface area contributed by atoms with E-state index in [9.17, 15) is 0 Å². The molecule has 1 aliphatic rings. The maximum atomic E-state index is 5.99. The highest BCUT2D eigenvalue weighted by molar-refractivity contribution is 6.30. The van der Waals surface area contributed by atoms with Crippen LogP contribution in [0.5, 0.6) is 0 Å². The van der Waals surface area contributed by atoms with Crippen LogP contribution in [0.4, 0.5) is 0 Å². The summed E-state index contributed by atoms with van der Waals surface area (Å²) < 4.78 is 1.99. The van der Waals surface area contributed by atoms with E-state index in [4.69, 9.17) is 11.6 Å². The Labute approximate surface area is 118 Å². The van der Waals surface area contributed by atoms with Gasteiger partial charge in [-0.25, -0.2) is 4.98 Å². The molecule has 1 N–H and O–H groups in total. The van der Waals surface area contributed by atoms with Crippen molar-refractivity contribution < 1.29 is 0 Å². The van der Waals surface area contributed by atoms with E-state index in [1.807, 2.05) is 22.7 Å². The fourth-order valence-electron chi connectivity index (χ4n) is 2.70. The van der Waals surface area contributed by atoms with E-state index < -0.39 is 0 Å². The molecule has 0 saturated carbocycles. The van der Waals surface area contributed by atoms with Gasteiger partial charge in [0.1, 0.15) is 5.65 Å². The number of fused-ring (bicyclic) bond motifs is 1. The van der Waals surface area contributed by atoms with Crippen LogP contribution < -0.4 is 5.32 Å². The second kappa shape index (κ2) is 4.78. The van der Waals surface area contributed by atoms with Gasteiger partial charge in [0, 0.05) is 44.1 Å². The molecule has 2 aromatic rings. The zero-order chi connectivity index (χ0) is 13.5. The van der Waals surface area contributed by atoms with Crippen molar-refractivity contribution in [2.24, 2.45) is 0 Å². The van der Waals surface area contributed by atoms with Crippen molar-refractivity contribution in [3.63, 3.8) is 0 Å². The van der Waals surface area contributed by atoms with Gasteiger partial charge in [-0.15, -0.1) is 0 Å². The largest absolute Gasteiger partial charge is 0.309 e. The lowest BCUT2D eigenvalue weighted by atomic mass is 10.0. The minimum Gasteiger partial charge on any atom is -0.309 e. The number of aromatic nitrogens is 2. The van der Waals surface area contributed by atoms with Crippen LogP contribution in [0.2, 0.25) is 5.02 Å². The standard InChI is InChI=1S/C14H19ClN4/c1-14(2)10-18(6-5-16-14)8-12-9-19-7-11(15)3-4-13(19)17-12/h3-4,7,9,16H,5-6,8,10H2,1-2H3. The number of nitrogens with one attached hydrogen (secondary N) is 1. The SMILES string of the molecule is CC1(C)CN(Cc2cn3cc(Cl)ccc3n2)CCN1. The monoisotopic (exact) mass is 278 g/mol. The lowest BCUT2D eigenvalue weighted by Crippen LogP contribution is -2.56. The number of halogens is 1. The molecule has 0 radical (unpaired) electrons. The summed E-state index contributed by atoms with van der Waals surface area (Å²) in [6.45, 7) is 8.52. The van der Waals surface area contributed by atoms with Crippen molar-refractivity contribution in [3.05, 3.63) is 35.2 Å². The molecule has 0 atom stereocenters. The van der Waals surface area contributed by atoms with Crippen molar-refractivity contribution in [1.29, 1.82) is 0 Å². The lowest BCUT2D eigenvalue weighted by molar-refractivity contribution is 0.147. The Balaban J connectivity index is 1.77. The van der Waals surface area contributed by atoms with Crippen molar-refractivity contribution >= 4 is 17.2 Å². The zero-order valence-corrected chi connectivity index (χ0v) is 12.1. The Kier molecular flexibility index (Phi) is 3.25. The van der Waals surface area contributed by atoms with Gasteiger partial charge in [0.15, 0.2) is 0 Å². The summed E-state index contributed by atoms with van der Waals surface area (Å²) in [4.78, 5) is 7.08. The number of hydrogen-bond acceptors (Lipinski definition) is 3. The van der Waals surface area contributed by atoms with Crippen molar-refractivity contribution in [2.75, 3.05) is 19.6 Å². The van der Waals surface area contributed by atoms with E-state index in [0.717, 1.165) is 42.5 Å². The Morgan fingerprint density at radius 2 is 2.21 bits per heavy atom. The molecule has 5 heteroatoms. The number of imidazole rings is 1. The number of rotatable bonds is 2. The highest BCUT2D eigenvalue weighted by atomic mass is 35.5. The summed E-state index contributed by atoms with van der Waals surface area (Å²) in [5.41, 5.74) is 2.23. The Bertz CT molecular complexity index is 590. The topological polar surface area (TPSA) is 32.6 Å². The first-order valence-electron chi connectivity index (χ1n) is 6.62. The predicted molar refractivity (Wildman–Crippen MR) is 77.6 cm³/mol. The summed E-state index contributed by atoms with van der Waals surface area (Å²) >= 11 is 5.99. The molecule has 0 aliphatic carbocycles. The van der Waals surface area contributed by atoms with Gasteiger partial charge >= 0.3 is 0 Å². The number of piperazine rings is 1. The summed E-state index contributed by atoms with van der Waals surface area (Å²) in [7, 11) is 0. The summed E-state index contributed by atoms with van der Waals surface area (Å²) in [5.74, 6) is 0. The highest BCUT2D eigenvalue weighted by Crippen LogP contribution is 2.15. The third-order valence-corrected chi connectivity index (χ3v) is 3.72. The number of hydrogen-bond donors (Lipinski definition) is 1. The van der Waals surface area contributed by atoms with Crippen LogP contribution in [-0.4, -0.2) is 39.5 Å². The molecule has 0 amide bonds. The van der Waals surface area contributed by atoms with Crippen molar-refractivity contribution in [1.82, 2.24) is 19.6 Å². The smallest absolute Gasteiger partial charge is 0.137 e. The average Bonchev–Trinajstić information content (AvgIpc) is 2.68. The van der Waals surface area contributed by atoms with Crippen LogP contribution in [-0.2, 0) is 6.54 Å². The molecule has 1 aliphatic heterocycles. The van der Waals surface area contributed by atoms with Gasteiger partial charge in [-0.2, -0.15) is 0 Å². The van der Waals surface area contributed by atoms with E-state index >= 15 is 0 Å². The van der Waals surface area contributed by atoms with Gasteiger partial charge in [0.2, 0.25) is 0 Å². The molecular formula is C14H19ClN4. The lowest BCUT2D eigenvalue weighted by Gasteiger charge is -2.38. The van der Waals surface area contributed by atoms with Gasteiger partial charge < -0.3 is 9.72 Å². The fraction of sp³-hybridized carbons (Fsp3) is 0.500. The van der Waals surface area contributed by atoms with E-state index in [-0.39, 0.29) is 5.54 Å². The quantitative estimate of drug-likeness (QED) is 0.914. The van der Waals surface area contributed by atoms with Crippen molar-refractivity contribution in [2.45, 2.75) is 25.9 Å². The second-order valence-corrected chi connectivity index (χ2v) is 6.30.